The molecule has 0 aromatic carbocycles. The first-order chi connectivity index (χ1) is 16.3. The number of nitrogens with zero attached hydrogens (tertiary/aromatic N) is 4. The molecule has 2 saturated heterocycles. The Labute approximate surface area is 211 Å². The van der Waals surface area contributed by atoms with Crippen LogP contribution in [-0.4, -0.2) is 80.1 Å². The van der Waals surface area contributed by atoms with Gasteiger partial charge in [-0.2, -0.15) is 0 Å². The van der Waals surface area contributed by atoms with E-state index in [0.29, 0.717) is 25.7 Å². The van der Waals surface area contributed by atoms with Gasteiger partial charge in [-0.1, -0.05) is 0 Å². The minimum absolute atomic E-state index is 0.361. The van der Waals surface area contributed by atoms with E-state index in [0.717, 1.165) is 10.1 Å². The average Bonchev–Trinajstić information content (AvgIpc) is 2.69. The van der Waals surface area contributed by atoms with Crippen molar-refractivity contribution in [3.8, 4) is 0 Å². The Morgan fingerprint density at radius 3 is 1.14 bits per heavy atom. The molecule has 2 rings (SSSR count). The van der Waals surface area contributed by atoms with Gasteiger partial charge in [0.25, 0.3) is 10.2 Å². The van der Waals surface area contributed by atoms with Gasteiger partial charge in [-0.05, 0) is 81.1 Å². The smallest absolute Gasteiger partial charge is 0.294 e. The number of rotatable bonds is 11. The van der Waals surface area contributed by atoms with Gasteiger partial charge in [0.1, 0.15) is 0 Å². The number of hydrogen-bond donors (Lipinski definition) is 0. The first-order valence-electron chi connectivity index (χ1n) is 12.1. The molecule has 2 aliphatic heterocycles. The van der Waals surface area contributed by atoms with Crippen LogP contribution in [0.25, 0.3) is 0 Å². The van der Waals surface area contributed by atoms with Crippen LogP contribution >= 0.6 is 0 Å². The SMILES string of the molecule is CC1(C)CC(OCC(O[N+](=O)[O-])C(COC2CC(C)(C)N([O])C(C)(C)C2)O[N+](=O)[O-])CC(C)(C)N1[O]. The normalized spacial score (nSPS) is 26.2. The largest absolute Gasteiger partial charge is 0.376 e. The monoisotopic (exact) mass is 520 g/mol. The second-order valence-electron chi connectivity index (χ2n) is 12.3. The summed E-state index contributed by atoms with van der Waals surface area (Å²) in [6.45, 7) is 13.5. The zero-order chi connectivity index (χ0) is 27.7. The molecule has 0 saturated carbocycles. The van der Waals surface area contributed by atoms with Gasteiger partial charge >= 0.3 is 0 Å². The second kappa shape index (κ2) is 10.9. The summed E-state index contributed by atoms with van der Waals surface area (Å²) in [6, 6.07) is 0. The Morgan fingerprint density at radius 1 is 0.667 bits per heavy atom. The molecule has 2 fully saturated rings. The Morgan fingerprint density at radius 2 is 0.917 bits per heavy atom. The van der Waals surface area contributed by atoms with Crippen LogP contribution in [-0.2, 0) is 29.6 Å². The summed E-state index contributed by atoms with van der Waals surface area (Å²) in [6.07, 6.45) is -2.33. The summed E-state index contributed by atoms with van der Waals surface area (Å²) in [5.41, 5.74) is -2.94. The Bertz CT molecular complexity index is 691. The van der Waals surface area contributed by atoms with Crippen molar-refractivity contribution in [1.82, 2.24) is 10.1 Å². The Hall–Kier alpha value is -1.84. The maximum absolute atomic E-state index is 12.6. The van der Waals surface area contributed by atoms with Gasteiger partial charge in [-0.25, -0.2) is 0 Å². The summed E-state index contributed by atoms with van der Waals surface area (Å²) >= 11 is 0. The van der Waals surface area contributed by atoms with E-state index < -0.39 is 56.7 Å². The lowest BCUT2D eigenvalue weighted by molar-refractivity contribution is -0.799. The molecule has 0 amide bonds. The first kappa shape index (κ1) is 30.4. The third-order valence-corrected chi connectivity index (χ3v) is 6.96. The fraction of sp³-hybridized carbons (Fsp3) is 1.00. The van der Waals surface area contributed by atoms with Gasteiger partial charge in [0.15, 0.2) is 12.2 Å². The summed E-state index contributed by atoms with van der Waals surface area (Å²) in [4.78, 5) is 31.8. The molecule has 36 heavy (non-hydrogen) atoms. The maximum atomic E-state index is 12.6. The molecule has 2 radical (unpaired) electrons. The molecule has 14 nitrogen and oxygen atoms in total. The molecule has 0 aromatic rings. The van der Waals surface area contributed by atoms with Gasteiger partial charge in [0, 0.05) is 22.2 Å². The lowest BCUT2D eigenvalue weighted by Crippen LogP contribution is -2.60. The van der Waals surface area contributed by atoms with E-state index in [-0.39, 0.29) is 13.2 Å². The number of hydroxylamine groups is 4. The summed E-state index contributed by atoms with van der Waals surface area (Å²) in [7, 11) is 0. The summed E-state index contributed by atoms with van der Waals surface area (Å²) in [5.74, 6) is 0. The highest BCUT2D eigenvalue weighted by molar-refractivity contribution is 4.98. The molecule has 0 aromatic heterocycles. The van der Waals surface area contributed by atoms with E-state index in [9.17, 15) is 30.6 Å². The minimum atomic E-state index is -1.46. The van der Waals surface area contributed by atoms with Crippen molar-refractivity contribution in [2.75, 3.05) is 13.2 Å². The molecule has 208 valence electrons. The quantitative estimate of drug-likeness (QED) is 0.291. The third kappa shape index (κ3) is 7.59. The zero-order valence-electron chi connectivity index (χ0n) is 22.4. The fourth-order valence-electron chi connectivity index (χ4n) is 5.67. The number of hydrogen-bond acceptors (Lipinski definition) is 10. The third-order valence-electron chi connectivity index (χ3n) is 6.96. The van der Waals surface area contributed by atoms with Gasteiger partial charge in [0.05, 0.1) is 25.4 Å². The van der Waals surface area contributed by atoms with Crippen LogP contribution in [0, 0.1) is 20.2 Å². The highest BCUT2D eigenvalue weighted by Crippen LogP contribution is 2.39. The topological polar surface area (TPSA) is 169 Å². The lowest BCUT2D eigenvalue weighted by Gasteiger charge is -2.50. The van der Waals surface area contributed by atoms with E-state index >= 15 is 0 Å². The molecule has 0 N–H and O–H groups in total. The predicted octanol–water partition coefficient (Wildman–Crippen LogP) is 2.91. The molecule has 0 spiro atoms. The lowest BCUT2D eigenvalue weighted by atomic mass is 9.80. The summed E-state index contributed by atoms with van der Waals surface area (Å²) in [5, 5.41) is 47.5. The van der Waals surface area contributed by atoms with Gasteiger partial charge in [-0.3, -0.25) is 0 Å². The average molecular weight is 521 g/mol. The van der Waals surface area contributed by atoms with Gasteiger partial charge in [0.2, 0.25) is 0 Å². The summed E-state index contributed by atoms with van der Waals surface area (Å²) < 4.78 is 11.8. The van der Waals surface area contributed by atoms with Crippen LogP contribution in [0.2, 0.25) is 0 Å². The number of ether oxygens (including phenoxy) is 2. The van der Waals surface area contributed by atoms with E-state index in [1.54, 1.807) is 55.4 Å². The minimum Gasteiger partial charge on any atom is -0.376 e. The van der Waals surface area contributed by atoms with Crippen molar-refractivity contribution in [3.63, 3.8) is 0 Å². The van der Waals surface area contributed by atoms with Crippen molar-refractivity contribution in [3.05, 3.63) is 20.2 Å². The highest BCUT2D eigenvalue weighted by atomic mass is 17.0. The predicted molar refractivity (Wildman–Crippen MR) is 123 cm³/mol. The van der Waals surface area contributed by atoms with Crippen LogP contribution in [0.5, 0.6) is 0 Å². The maximum Gasteiger partial charge on any atom is 0.294 e. The second-order valence-corrected chi connectivity index (χ2v) is 12.3. The van der Waals surface area contributed by atoms with Crippen molar-refractivity contribution in [1.29, 1.82) is 0 Å². The molecule has 2 aliphatic rings. The van der Waals surface area contributed by atoms with Crippen molar-refractivity contribution in [2.24, 2.45) is 0 Å². The molecular weight excluding hydrogens is 480 g/mol. The standard InChI is InChI=1S/C22H40N4O10/c1-19(2)9-15(10-20(3,4)23(19)27)33-13-17(35-25(29)30)18(36-26(31)32)14-34-16-11-21(5,6)24(28)22(7,8)12-16/h15-18H,9-14H2,1-8H3. The molecule has 2 heterocycles. The fourth-order valence-corrected chi connectivity index (χ4v) is 5.67. The zero-order valence-corrected chi connectivity index (χ0v) is 22.4. The van der Waals surface area contributed by atoms with Crippen LogP contribution < -0.4 is 0 Å². The van der Waals surface area contributed by atoms with Crippen molar-refractivity contribution < 1.29 is 39.7 Å². The van der Waals surface area contributed by atoms with Crippen LogP contribution in [0.4, 0.5) is 0 Å². The molecule has 2 unspecified atom stereocenters. The van der Waals surface area contributed by atoms with Crippen LogP contribution in [0.3, 0.4) is 0 Å². The van der Waals surface area contributed by atoms with Gasteiger partial charge in [-0.15, -0.1) is 40.8 Å². The first-order valence-corrected chi connectivity index (χ1v) is 12.1. The van der Waals surface area contributed by atoms with Gasteiger partial charge < -0.3 is 19.1 Å². The Balaban J connectivity index is 2.13. The molecule has 0 aliphatic carbocycles. The van der Waals surface area contributed by atoms with Crippen molar-refractivity contribution in [2.45, 2.75) is 128 Å². The molecule has 0 bridgehead atoms. The van der Waals surface area contributed by atoms with E-state index in [4.69, 9.17) is 19.1 Å². The van der Waals surface area contributed by atoms with Crippen LogP contribution in [0.1, 0.15) is 81.1 Å². The van der Waals surface area contributed by atoms with E-state index in [1.807, 2.05) is 0 Å². The number of piperidine rings is 2. The molecular formula is C22H40N4O10. The van der Waals surface area contributed by atoms with Crippen molar-refractivity contribution >= 4 is 0 Å². The van der Waals surface area contributed by atoms with E-state index in [1.165, 1.54) is 0 Å². The molecule has 14 heteroatoms. The molecule has 2 atom stereocenters. The Kier molecular flexibility index (Phi) is 9.18. The van der Waals surface area contributed by atoms with Crippen LogP contribution in [0.15, 0.2) is 0 Å². The van der Waals surface area contributed by atoms with E-state index in [2.05, 4.69) is 0 Å². The highest BCUT2D eigenvalue weighted by Gasteiger charge is 2.48.